The van der Waals surface area contributed by atoms with Crippen LogP contribution in [0.25, 0.3) is 11.1 Å². The third-order valence-corrected chi connectivity index (χ3v) is 8.18. The predicted octanol–water partition coefficient (Wildman–Crippen LogP) is 7.16. The van der Waals surface area contributed by atoms with Crippen LogP contribution in [0.3, 0.4) is 0 Å². The average Bonchev–Trinajstić information content (AvgIpc) is 3.34. The van der Waals surface area contributed by atoms with E-state index in [0.29, 0.717) is 17.7 Å². The molecule has 0 fully saturated rings. The standard InChI is InChI=1S/C36H33FN2O4/c1-42-28-18-16-25(17-19-28)34-15-7-10-27(21-35(40)39(34)22-24-8-6-9-26(37)20-24)38-36(41)43-23-33-31-13-4-2-11-29(31)30-12-3-5-14-32(30)33/h2-9,11-20,27,33-34H,10,21-23H2,1H3,(H,38,41)/b15-7-/t27-,34+/m0/s1. The molecule has 0 aromatic heterocycles. The third kappa shape index (κ3) is 6.16. The van der Waals surface area contributed by atoms with Gasteiger partial charge in [0.15, 0.2) is 0 Å². The van der Waals surface area contributed by atoms with E-state index in [0.717, 1.165) is 27.8 Å². The van der Waals surface area contributed by atoms with Gasteiger partial charge in [0.05, 0.1) is 13.2 Å². The molecule has 4 aromatic rings. The molecule has 4 aromatic carbocycles. The number of hydrogen-bond donors (Lipinski definition) is 1. The van der Waals surface area contributed by atoms with Gasteiger partial charge in [0.25, 0.3) is 0 Å². The largest absolute Gasteiger partial charge is 0.497 e. The SMILES string of the molecule is COc1ccc([C@H]2/C=C\C[C@H](NC(=O)OCC3c4ccccc4-c4ccccc43)CC(=O)N2Cc2cccc(F)c2)cc1. The molecular formula is C36H33FN2O4. The maximum absolute atomic E-state index is 14.0. The number of halogens is 1. The summed E-state index contributed by atoms with van der Waals surface area (Å²) in [5, 5.41) is 2.92. The van der Waals surface area contributed by atoms with Gasteiger partial charge in [0, 0.05) is 24.9 Å². The van der Waals surface area contributed by atoms with E-state index in [-0.39, 0.29) is 43.3 Å². The summed E-state index contributed by atoms with van der Waals surface area (Å²) >= 11 is 0. The van der Waals surface area contributed by atoms with Crippen molar-refractivity contribution in [1.29, 1.82) is 0 Å². The number of benzene rings is 4. The van der Waals surface area contributed by atoms with E-state index in [2.05, 4.69) is 29.6 Å². The summed E-state index contributed by atoms with van der Waals surface area (Å²) in [5.41, 5.74) is 6.18. The molecular weight excluding hydrogens is 543 g/mol. The van der Waals surface area contributed by atoms with E-state index in [1.807, 2.05) is 60.7 Å². The molecule has 2 atom stereocenters. The van der Waals surface area contributed by atoms with E-state index in [9.17, 15) is 14.0 Å². The van der Waals surface area contributed by atoms with Crippen LogP contribution >= 0.6 is 0 Å². The number of carbonyl (C=O) groups excluding carboxylic acids is 2. The highest BCUT2D eigenvalue weighted by Crippen LogP contribution is 2.44. The fourth-order valence-corrected chi connectivity index (χ4v) is 6.07. The van der Waals surface area contributed by atoms with Gasteiger partial charge >= 0.3 is 6.09 Å². The minimum Gasteiger partial charge on any atom is -0.497 e. The van der Waals surface area contributed by atoms with E-state index >= 15 is 0 Å². The first-order valence-corrected chi connectivity index (χ1v) is 14.5. The molecule has 7 heteroatoms. The molecule has 6 nitrogen and oxygen atoms in total. The minimum atomic E-state index is -0.558. The Kier molecular flexibility index (Phi) is 8.22. The number of carbonyl (C=O) groups is 2. The first kappa shape index (κ1) is 28.2. The summed E-state index contributed by atoms with van der Waals surface area (Å²) in [5.74, 6) is 0.152. The summed E-state index contributed by atoms with van der Waals surface area (Å²) in [6.07, 6.45) is 3.93. The zero-order valence-corrected chi connectivity index (χ0v) is 23.9. The Labute approximate surface area is 250 Å². The predicted molar refractivity (Wildman–Crippen MR) is 163 cm³/mol. The third-order valence-electron chi connectivity index (χ3n) is 8.18. The average molecular weight is 577 g/mol. The molecule has 1 aliphatic heterocycles. The van der Waals surface area contributed by atoms with Crippen molar-refractivity contribution >= 4 is 12.0 Å². The lowest BCUT2D eigenvalue weighted by molar-refractivity contribution is -0.134. The molecule has 218 valence electrons. The van der Waals surface area contributed by atoms with Crippen LogP contribution in [0, 0.1) is 5.82 Å². The lowest BCUT2D eigenvalue weighted by Gasteiger charge is -2.33. The summed E-state index contributed by atoms with van der Waals surface area (Å²) in [4.78, 5) is 28.5. The topological polar surface area (TPSA) is 67.9 Å². The summed E-state index contributed by atoms with van der Waals surface area (Å²) in [7, 11) is 1.61. The van der Waals surface area contributed by atoms with Crippen LogP contribution in [0.4, 0.5) is 9.18 Å². The van der Waals surface area contributed by atoms with E-state index in [1.165, 1.54) is 12.1 Å². The van der Waals surface area contributed by atoms with Crippen molar-refractivity contribution < 1.29 is 23.5 Å². The first-order chi connectivity index (χ1) is 21.0. The second kappa shape index (κ2) is 12.5. The van der Waals surface area contributed by atoms with Crippen LogP contribution < -0.4 is 10.1 Å². The Morgan fingerprint density at radius 1 is 0.930 bits per heavy atom. The maximum atomic E-state index is 14.0. The van der Waals surface area contributed by atoms with Crippen LogP contribution in [0.15, 0.2) is 109 Å². The maximum Gasteiger partial charge on any atom is 0.407 e. The Morgan fingerprint density at radius 3 is 2.30 bits per heavy atom. The van der Waals surface area contributed by atoms with Crippen molar-refractivity contribution in [3.8, 4) is 16.9 Å². The van der Waals surface area contributed by atoms with Crippen LogP contribution in [-0.4, -0.2) is 36.7 Å². The highest BCUT2D eigenvalue weighted by Gasteiger charge is 2.31. The van der Waals surface area contributed by atoms with E-state index in [4.69, 9.17) is 9.47 Å². The van der Waals surface area contributed by atoms with Crippen LogP contribution in [0.5, 0.6) is 5.75 Å². The number of ether oxygens (including phenoxy) is 2. The number of amides is 2. The van der Waals surface area contributed by atoms with Crippen molar-refractivity contribution in [3.05, 3.63) is 137 Å². The summed E-state index contributed by atoms with van der Waals surface area (Å²) < 4.78 is 25.1. The fraction of sp³-hybridized carbons (Fsp3) is 0.222. The molecule has 6 rings (SSSR count). The molecule has 0 spiro atoms. The van der Waals surface area contributed by atoms with Crippen molar-refractivity contribution in [2.45, 2.75) is 37.4 Å². The Hall–Kier alpha value is -4.91. The molecule has 0 unspecified atom stereocenters. The second-order valence-corrected chi connectivity index (χ2v) is 10.9. The summed E-state index contributed by atoms with van der Waals surface area (Å²) in [6.45, 7) is 0.414. The first-order valence-electron chi connectivity index (χ1n) is 14.5. The Morgan fingerprint density at radius 2 is 1.63 bits per heavy atom. The van der Waals surface area contributed by atoms with Gasteiger partial charge in [-0.1, -0.05) is 84.9 Å². The highest BCUT2D eigenvalue weighted by atomic mass is 19.1. The van der Waals surface area contributed by atoms with Crippen molar-refractivity contribution in [3.63, 3.8) is 0 Å². The second-order valence-electron chi connectivity index (χ2n) is 10.9. The zero-order chi connectivity index (χ0) is 29.8. The van der Waals surface area contributed by atoms with Gasteiger partial charge in [0.2, 0.25) is 5.91 Å². The summed E-state index contributed by atoms with van der Waals surface area (Å²) in [6, 6.07) is 29.4. The molecule has 2 aliphatic rings. The number of methoxy groups -OCH3 is 1. The smallest absolute Gasteiger partial charge is 0.407 e. The van der Waals surface area contributed by atoms with Crippen molar-refractivity contribution in [2.75, 3.05) is 13.7 Å². The van der Waals surface area contributed by atoms with Crippen molar-refractivity contribution in [1.82, 2.24) is 10.2 Å². The number of fused-ring (bicyclic) bond motifs is 3. The Balaban J connectivity index is 1.17. The number of nitrogens with zero attached hydrogens (tertiary/aromatic N) is 1. The van der Waals surface area contributed by atoms with Crippen LogP contribution in [0.2, 0.25) is 0 Å². The number of hydrogen-bond acceptors (Lipinski definition) is 4. The molecule has 1 N–H and O–H groups in total. The Bertz CT molecular complexity index is 1610. The van der Waals surface area contributed by atoms with Gasteiger partial charge in [-0.05, 0) is 64.1 Å². The number of nitrogens with one attached hydrogen (secondary N) is 1. The molecule has 43 heavy (non-hydrogen) atoms. The number of rotatable bonds is 7. The molecule has 0 saturated carbocycles. The van der Waals surface area contributed by atoms with Gasteiger partial charge in [-0.3, -0.25) is 4.79 Å². The van der Waals surface area contributed by atoms with Gasteiger partial charge in [-0.15, -0.1) is 0 Å². The molecule has 0 bridgehead atoms. The zero-order valence-electron chi connectivity index (χ0n) is 23.9. The fourth-order valence-electron chi connectivity index (χ4n) is 6.07. The minimum absolute atomic E-state index is 0.0518. The lowest BCUT2D eigenvalue weighted by atomic mass is 9.98. The molecule has 1 heterocycles. The van der Waals surface area contributed by atoms with Gasteiger partial charge in [-0.2, -0.15) is 0 Å². The van der Waals surface area contributed by atoms with Gasteiger partial charge < -0.3 is 19.7 Å². The monoisotopic (exact) mass is 576 g/mol. The van der Waals surface area contributed by atoms with E-state index < -0.39 is 12.1 Å². The molecule has 0 radical (unpaired) electrons. The van der Waals surface area contributed by atoms with Crippen LogP contribution in [-0.2, 0) is 16.1 Å². The van der Waals surface area contributed by atoms with Gasteiger partial charge in [-0.25, -0.2) is 9.18 Å². The van der Waals surface area contributed by atoms with Crippen LogP contribution in [0.1, 0.15) is 47.1 Å². The molecule has 0 saturated heterocycles. The van der Waals surface area contributed by atoms with E-state index in [1.54, 1.807) is 24.1 Å². The molecule has 2 amide bonds. The molecule has 1 aliphatic carbocycles. The quantitative estimate of drug-likeness (QED) is 0.237. The normalized spacial score (nSPS) is 18.7. The number of alkyl carbamates (subject to hydrolysis) is 1. The highest BCUT2D eigenvalue weighted by molar-refractivity contribution is 5.80. The van der Waals surface area contributed by atoms with Gasteiger partial charge in [0.1, 0.15) is 18.2 Å². The van der Waals surface area contributed by atoms with Crippen molar-refractivity contribution in [2.24, 2.45) is 0 Å². The lowest BCUT2D eigenvalue weighted by Crippen LogP contribution is -2.43.